The Hall–Kier alpha value is -3.40. The zero-order chi connectivity index (χ0) is 21.7. The first kappa shape index (κ1) is 21.3. The Morgan fingerprint density at radius 2 is 1.37 bits per heavy atom. The standard InChI is InChI=1S/C26H28N2O2/c1-18(19-10-6-5-7-11-19)27-25(30)22-12-8-9-13-23(22)28-24(29)20-14-16-21(17-15-20)26(2,3)4/h5-18H,1-4H3,(H,27,30)(H,28,29)/t18-/m1/s1. The minimum absolute atomic E-state index is 0.0230. The largest absolute Gasteiger partial charge is 0.345 e. The van der Waals surface area contributed by atoms with E-state index >= 15 is 0 Å². The topological polar surface area (TPSA) is 58.2 Å². The summed E-state index contributed by atoms with van der Waals surface area (Å²) < 4.78 is 0. The van der Waals surface area contributed by atoms with Crippen LogP contribution in [0.5, 0.6) is 0 Å². The molecule has 0 saturated heterocycles. The summed E-state index contributed by atoms with van der Waals surface area (Å²) in [4.78, 5) is 25.6. The monoisotopic (exact) mass is 400 g/mol. The molecule has 0 bridgehead atoms. The summed E-state index contributed by atoms with van der Waals surface area (Å²) in [7, 11) is 0. The van der Waals surface area contributed by atoms with E-state index < -0.39 is 0 Å². The van der Waals surface area contributed by atoms with Crippen LogP contribution in [0, 0.1) is 0 Å². The summed E-state index contributed by atoms with van der Waals surface area (Å²) in [5, 5.41) is 5.88. The molecular weight excluding hydrogens is 372 g/mol. The van der Waals surface area contributed by atoms with E-state index in [1.807, 2.05) is 61.5 Å². The zero-order valence-corrected chi connectivity index (χ0v) is 17.9. The van der Waals surface area contributed by atoms with Gasteiger partial charge in [-0.15, -0.1) is 0 Å². The van der Waals surface area contributed by atoms with Crippen LogP contribution in [-0.4, -0.2) is 11.8 Å². The number of amides is 2. The maximum atomic E-state index is 12.9. The van der Waals surface area contributed by atoms with Gasteiger partial charge in [-0.2, -0.15) is 0 Å². The number of rotatable bonds is 5. The highest BCUT2D eigenvalue weighted by molar-refractivity contribution is 6.09. The van der Waals surface area contributed by atoms with Crippen molar-refractivity contribution in [2.45, 2.75) is 39.2 Å². The molecule has 3 aromatic carbocycles. The zero-order valence-electron chi connectivity index (χ0n) is 17.9. The Morgan fingerprint density at radius 3 is 2.00 bits per heavy atom. The molecule has 0 aliphatic carbocycles. The van der Waals surface area contributed by atoms with E-state index in [0.29, 0.717) is 16.8 Å². The van der Waals surface area contributed by atoms with Crippen molar-refractivity contribution in [3.63, 3.8) is 0 Å². The summed E-state index contributed by atoms with van der Waals surface area (Å²) in [6.45, 7) is 8.33. The summed E-state index contributed by atoms with van der Waals surface area (Å²) in [5.74, 6) is -0.475. The van der Waals surface area contributed by atoms with E-state index in [1.54, 1.807) is 24.3 Å². The maximum absolute atomic E-state index is 12.9. The lowest BCUT2D eigenvalue weighted by Crippen LogP contribution is -2.28. The number of anilines is 1. The van der Waals surface area contributed by atoms with Crippen LogP contribution in [0.3, 0.4) is 0 Å². The molecule has 3 aromatic rings. The third-order valence-electron chi connectivity index (χ3n) is 5.08. The Morgan fingerprint density at radius 1 is 0.767 bits per heavy atom. The van der Waals surface area contributed by atoms with Gasteiger partial charge in [-0.25, -0.2) is 0 Å². The highest BCUT2D eigenvalue weighted by atomic mass is 16.2. The molecular formula is C26H28N2O2. The fraction of sp³-hybridized carbons (Fsp3) is 0.231. The Balaban J connectivity index is 1.75. The van der Waals surface area contributed by atoms with Crippen molar-refractivity contribution in [3.8, 4) is 0 Å². The Bertz CT molecular complexity index is 1020. The number of hydrogen-bond donors (Lipinski definition) is 2. The third-order valence-corrected chi connectivity index (χ3v) is 5.08. The second kappa shape index (κ2) is 8.95. The molecule has 30 heavy (non-hydrogen) atoms. The normalized spacial score (nSPS) is 12.1. The van der Waals surface area contributed by atoms with E-state index in [2.05, 4.69) is 31.4 Å². The van der Waals surface area contributed by atoms with Gasteiger partial charge in [-0.05, 0) is 47.7 Å². The number of carbonyl (C=O) groups is 2. The highest BCUT2D eigenvalue weighted by Crippen LogP contribution is 2.23. The summed E-state index contributed by atoms with van der Waals surface area (Å²) in [6, 6.07) is 24.2. The first-order valence-electron chi connectivity index (χ1n) is 10.1. The second-order valence-corrected chi connectivity index (χ2v) is 8.43. The van der Waals surface area contributed by atoms with Gasteiger partial charge >= 0.3 is 0 Å². The van der Waals surface area contributed by atoms with E-state index in [4.69, 9.17) is 0 Å². The lowest BCUT2D eigenvalue weighted by Gasteiger charge is -2.19. The first-order chi connectivity index (χ1) is 14.3. The summed E-state index contributed by atoms with van der Waals surface area (Å²) >= 11 is 0. The van der Waals surface area contributed by atoms with Crippen LogP contribution in [0.15, 0.2) is 78.9 Å². The van der Waals surface area contributed by atoms with Crippen LogP contribution < -0.4 is 10.6 Å². The molecule has 4 nitrogen and oxygen atoms in total. The number of nitrogens with one attached hydrogen (secondary N) is 2. The molecule has 4 heteroatoms. The van der Waals surface area contributed by atoms with Crippen molar-refractivity contribution < 1.29 is 9.59 Å². The van der Waals surface area contributed by atoms with Gasteiger partial charge in [0, 0.05) is 5.56 Å². The van der Waals surface area contributed by atoms with E-state index in [1.165, 1.54) is 0 Å². The lowest BCUT2D eigenvalue weighted by atomic mass is 9.86. The van der Waals surface area contributed by atoms with Crippen LogP contribution in [-0.2, 0) is 5.41 Å². The van der Waals surface area contributed by atoms with Crippen molar-refractivity contribution in [2.75, 3.05) is 5.32 Å². The lowest BCUT2D eigenvalue weighted by molar-refractivity contribution is 0.0941. The minimum atomic E-state index is -0.244. The molecule has 154 valence electrons. The van der Waals surface area contributed by atoms with Crippen molar-refractivity contribution in [2.24, 2.45) is 0 Å². The van der Waals surface area contributed by atoms with Gasteiger partial charge in [0.2, 0.25) is 0 Å². The highest BCUT2D eigenvalue weighted by Gasteiger charge is 2.18. The van der Waals surface area contributed by atoms with Gasteiger partial charge in [0.1, 0.15) is 0 Å². The maximum Gasteiger partial charge on any atom is 0.255 e. The quantitative estimate of drug-likeness (QED) is 0.575. The number of hydrogen-bond acceptors (Lipinski definition) is 2. The molecule has 0 aliphatic rings. The molecule has 1 atom stereocenters. The van der Waals surface area contributed by atoms with Crippen molar-refractivity contribution in [3.05, 3.63) is 101 Å². The third kappa shape index (κ3) is 5.15. The van der Waals surface area contributed by atoms with Gasteiger partial charge in [-0.3, -0.25) is 9.59 Å². The fourth-order valence-electron chi connectivity index (χ4n) is 3.21. The number of benzene rings is 3. The van der Waals surface area contributed by atoms with Crippen LogP contribution in [0.2, 0.25) is 0 Å². The van der Waals surface area contributed by atoms with Gasteiger partial charge in [0.15, 0.2) is 0 Å². The van der Waals surface area contributed by atoms with Gasteiger partial charge in [0.25, 0.3) is 11.8 Å². The molecule has 0 aliphatic heterocycles. The van der Waals surface area contributed by atoms with Crippen molar-refractivity contribution in [1.82, 2.24) is 5.32 Å². The average molecular weight is 401 g/mol. The molecule has 3 rings (SSSR count). The molecule has 0 saturated carbocycles. The molecule has 0 radical (unpaired) electrons. The van der Waals surface area contributed by atoms with Crippen LogP contribution >= 0.6 is 0 Å². The number of para-hydroxylation sites is 1. The molecule has 2 amide bonds. The van der Waals surface area contributed by atoms with Gasteiger partial charge < -0.3 is 10.6 Å². The smallest absolute Gasteiger partial charge is 0.255 e. The minimum Gasteiger partial charge on any atom is -0.345 e. The predicted molar refractivity (Wildman–Crippen MR) is 122 cm³/mol. The summed E-state index contributed by atoms with van der Waals surface area (Å²) in [6.07, 6.45) is 0. The second-order valence-electron chi connectivity index (χ2n) is 8.43. The molecule has 0 unspecified atom stereocenters. The van der Waals surface area contributed by atoms with Crippen LogP contribution in [0.4, 0.5) is 5.69 Å². The van der Waals surface area contributed by atoms with Crippen molar-refractivity contribution in [1.29, 1.82) is 0 Å². The predicted octanol–water partition coefficient (Wildman–Crippen LogP) is 5.73. The van der Waals surface area contributed by atoms with E-state index in [0.717, 1.165) is 11.1 Å². The Labute approximate surface area is 178 Å². The van der Waals surface area contributed by atoms with Crippen LogP contribution in [0.1, 0.15) is 65.6 Å². The number of carbonyl (C=O) groups excluding carboxylic acids is 2. The SMILES string of the molecule is C[C@@H](NC(=O)c1ccccc1NC(=O)c1ccc(C(C)(C)C)cc1)c1ccccc1. The summed E-state index contributed by atoms with van der Waals surface area (Å²) in [5.41, 5.74) is 3.67. The van der Waals surface area contributed by atoms with Gasteiger partial charge in [-0.1, -0.05) is 75.4 Å². The fourth-order valence-corrected chi connectivity index (χ4v) is 3.21. The molecule has 0 heterocycles. The van der Waals surface area contributed by atoms with Gasteiger partial charge in [0.05, 0.1) is 17.3 Å². The first-order valence-corrected chi connectivity index (χ1v) is 10.1. The average Bonchev–Trinajstić information content (AvgIpc) is 2.74. The molecule has 0 aromatic heterocycles. The molecule has 0 spiro atoms. The Kier molecular flexibility index (Phi) is 6.36. The molecule has 0 fully saturated rings. The molecule has 2 N–H and O–H groups in total. The van der Waals surface area contributed by atoms with Crippen LogP contribution in [0.25, 0.3) is 0 Å². The van der Waals surface area contributed by atoms with E-state index in [-0.39, 0.29) is 23.3 Å². The van der Waals surface area contributed by atoms with Crippen molar-refractivity contribution >= 4 is 17.5 Å². The van der Waals surface area contributed by atoms with E-state index in [9.17, 15) is 9.59 Å².